The van der Waals surface area contributed by atoms with Gasteiger partial charge in [-0.05, 0) is 35.9 Å². The first-order chi connectivity index (χ1) is 11.6. The largest absolute Gasteiger partial charge is 0.508 e. The zero-order chi connectivity index (χ0) is 16.7. The molecule has 4 rings (SSSR count). The van der Waals surface area contributed by atoms with Gasteiger partial charge >= 0.3 is 0 Å². The molecule has 0 radical (unpaired) electrons. The minimum absolute atomic E-state index is 0.0859. The predicted molar refractivity (Wildman–Crippen MR) is 95.4 cm³/mol. The van der Waals surface area contributed by atoms with E-state index in [2.05, 4.69) is 0 Å². The third kappa shape index (κ3) is 2.39. The Balaban J connectivity index is 2.09. The van der Waals surface area contributed by atoms with Crippen molar-refractivity contribution in [2.45, 2.75) is 0 Å². The van der Waals surface area contributed by atoms with Crippen molar-refractivity contribution in [3.05, 3.63) is 71.8 Å². The lowest BCUT2D eigenvalue weighted by Crippen LogP contribution is -1.81. The van der Waals surface area contributed by atoms with Crippen molar-refractivity contribution in [3.8, 4) is 33.9 Å². The molecular formula is C20H13ClO3. The van der Waals surface area contributed by atoms with Crippen molar-refractivity contribution in [1.29, 1.82) is 0 Å². The Hall–Kier alpha value is -2.91. The van der Waals surface area contributed by atoms with Crippen LogP contribution in [0.15, 0.2) is 71.1 Å². The van der Waals surface area contributed by atoms with Crippen molar-refractivity contribution in [2.24, 2.45) is 0 Å². The van der Waals surface area contributed by atoms with Crippen molar-refractivity contribution in [2.75, 3.05) is 0 Å². The van der Waals surface area contributed by atoms with E-state index in [1.54, 1.807) is 30.3 Å². The Labute approximate surface area is 143 Å². The zero-order valence-electron chi connectivity index (χ0n) is 12.5. The van der Waals surface area contributed by atoms with Crippen LogP contribution >= 0.6 is 11.6 Å². The predicted octanol–water partition coefficient (Wildman–Crippen LogP) is 5.83. The van der Waals surface area contributed by atoms with E-state index in [1.807, 2.05) is 30.3 Å². The molecule has 0 aliphatic rings. The monoisotopic (exact) mass is 336 g/mol. The van der Waals surface area contributed by atoms with Gasteiger partial charge in [0.25, 0.3) is 0 Å². The minimum atomic E-state index is 0.0859. The van der Waals surface area contributed by atoms with Gasteiger partial charge in [-0.1, -0.05) is 41.9 Å². The summed E-state index contributed by atoms with van der Waals surface area (Å²) in [6.07, 6.45) is 0. The molecule has 0 bridgehead atoms. The Kier molecular flexibility index (Phi) is 3.44. The number of furan rings is 1. The molecule has 0 unspecified atom stereocenters. The van der Waals surface area contributed by atoms with E-state index < -0.39 is 0 Å². The Morgan fingerprint density at radius 3 is 2.17 bits per heavy atom. The molecule has 0 aliphatic carbocycles. The van der Waals surface area contributed by atoms with E-state index in [9.17, 15) is 10.2 Å². The molecule has 0 amide bonds. The standard InChI is InChI=1S/C20H13ClO3/c21-17-11-15(23)10-16-18(12-4-2-1-3-5-12)19(24-20(16)17)13-6-8-14(22)9-7-13/h1-11,22-23H. The van der Waals surface area contributed by atoms with Gasteiger partial charge in [0.2, 0.25) is 0 Å². The average Bonchev–Trinajstić information content (AvgIpc) is 2.96. The van der Waals surface area contributed by atoms with E-state index in [1.165, 1.54) is 6.07 Å². The Morgan fingerprint density at radius 2 is 1.46 bits per heavy atom. The second-order valence-corrected chi connectivity index (χ2v) is 5.93. The van der Waals surface area contributed by atoms with E-state index in [4.69, 9.17) is 16.0 Å². The first-order valence-corrected chi connectivity index (χ1v) is 7.81. The molecule has 1 aromatic heterocycles. The summed E-state index contributed by atoms with van der Waals surface area (Å²) in [5, 5.41) is 20.6. The van der Waals surface area contributed by atoms with Gasteiger partial charge in [0.15, 0.2) is 5.58 Å². The molecule has 3 nitrogen and oxygen atoms in total. The smallest absolute Gasteiger partial charge is 0.154 e. The zero-order valence-corrected chi connectivity index (χ0v) is 13.3. The van der Waals surface area contributed by atoms with Crippen LogP contribution < -0.4 is 0 Å². The van der Waals surface area contributed by atoms with Gasteiger partial charge in [-0.25, -0.2) is 0 Å². The highest BCUT2D eigenvalue weighted by Crippen LogP contribution is 2.44. The molecule has 4 heteroatoms. The molecule has 0 saturated heterocycles. The average molecular weight is 337 g/mol. The molecule has 0 saturated carbocycles. The van der Waals surface area contributed by atoms with Crippen LogP contribution in [0.2, 0.25) is 5.02 Å². The minimum Gasteiger partial charge on any atom is -0.508 e. The summed E-state index contributed by atoms with van der Waals surface area (Å²) in [6, 6.07) is 19.7. The lowest BCUT2D eigenvalue weighted by molar-refractivity contribution is 0.475. The highest BCUT2D eigenvalue weighted by molar-refractivity contribution is 6.35. The van der Waals surface area contributed by atoms with Crippen LogP contribution in [0.1, 0.15) is 0 Å². The summed E-state index contributed by atoms with van der Waals surface area (Å²) in [6.45, 7) is 0. The fourth-order valence-corrected chi connectivity index (χ4v) is 3.10. The topological polar surface area (TPSA) is 53.6 Å². The summed E-state index contributed by atoms with van der Waals surface area (Å²) in [7, 11) is 0. The normalized spacial score (nSPS) is 11.0. The van der Waals surface area contributed by atoms with E-state index >= 15 is 0 Å². The quantitative estimate of drug-likeness (QED) is 0.484. The fourth-order valence-electron chi connectivity index (χ4n) is 2.85. The van der Waals surface area contributed by atoms with Gasteiger partial charge in [-0.15, -0.1) is 0 Å². The molecule has 0 spiro atoms. The summed E-state index contributed by atoms with van der Waals surface area (Å²) in [4.78, 5) is 0. The maximum atomic E-state index is 9.94. The van der Waals surface area contributed by atoms with E-state index in [0.717, 1.165) is 22.1 Å². The summed E-state index contributed by atoms with van der Waals surface area (Å²) >= 11 is 6.25. The van der Waals surface area contributed by atoms with E-state index in [-0.39, 0.29) is 11.5 Å². The van der Waals surface area contributed by atoms with Crippen LogP contribution in [0, 0.1) is 0 Å². The van der Waals surface area contributed by atoms with Crippen molar-refractivity contribution >= 4 is 22.6 Å². The fraction of sp³-hybridized carbons (Fsp3) is 0. The van der Waals surface area contributed by atoms with Crippen molar-refractivity contribution in [3.63, 3.8) is 0 Å². The number of benzene rings is 3. The third-order valence-corrected chi connectivity index (χ3v) is 4.20. The van der Waals surface area contributed by atoms with Crippen LogP contribution in [-0.4, -0.2) is 10.2 Å². The lowest BCUT2D eigenvalue weighted by Gasteiger charge is -2.04. The number of halogens is 1. The van der Waals surface area contributed by atoms with Gasteiger partial charge in [-0.3, -0.25) is 0 Å². The molecule has 0 aliphatic heterocycles. The van der Waals surface area contributed by atoms with Gasteiger partial charge in [0, 0.05) is 22.6 Å². The number of rotatable bonds is 2. The van der Waals surface area contributed by atoms with Crippen molar-refractivity contribution < 1.29 is 14.6 Å². The van der Waals surface area contributed by atoms with Crippen LogP contribution in [-0.2, 0) is 0 Å². The Bertz CT molecular complexity index is 1020. The number of hydrogen-bond acceptors (Lipinski definition) is 3. The van der Waals surface area contributed by atoms with Gasteiger partial charge in [0.05, 0.1) is 5.02 Å². The first kappa shape index (κ1) is 14.7. The molecular weight excluding hydrogens is 324 g/mol. The molecule has 118 valence electrons. The lowest BCUT2D eigenvalue weighted by atomic mass is 9.98. The van der Waals surface area contributed by atoms with Crippen LogP contribution in [0.4, 0.5) is 0 Å². The number of hydrogen-bond donors (Lipinski definition) is 2. The first-order valence-electron chi connectivity index (χ1n) is 7.43. The highest BCUT2D eigenvalue weighted by atomic mass is 35.5. The number of phenolic OH excluding ortho intramolecular Hbond substituents is 2. The second kappa shape index (κ2) is 5.62. The number of phenols is 2. The van der Waals surface area contributed by atoms with Crippen LogP contribution in [0.25, 0.3) is 33.4 Å². The molecule has 1 heterocycles. The maximum Gasteiger partial charge on any atom is 0.154 e. The third-order valence-electron chi connectivity index (χ3n) is 3.92. The Morgan fingerprint density at radius 1 is 0.750 bits per heavy atom. The van der Waals surface area contributed by atoms with Crippen molar-refractivity contribution in [1.82, 2.24) is 0 Å². The number of fused-ring (bicyclic) bond motifs is 1. The van der Waals surface area contributed by atoms with Gasteiger partial charge < -0.3 is 14.6 Å². The number of aromatic hydroxyl groups is 2. The summed E-state index contributed by atoms with van der Waals surface area (Å²) in [5.41, 5.74) is 3.16. The molecule has 4 aromatic rings. The van der Waals surface area contributed by atoms with Gasteiger partial charge in [-0.2, -0.15) is 0 Å². The SMILES string of the molecule is Oc1ccc(-c2oc3c(Cl)cc(O)cc3c2-c2ccccc2)cc1. The maximum absolute atomic E-state index is 9.94. The van der Waals surface area contributed by atoms with Gasteiger partial charge in [0.1, 0.15) is 17.3 Å². The highest BCUT2D eigenvalue weighted by Gasteiger charge is 2.20. The van der Waals surface area contributed by atoms with Crippen LogP contribution in [0.3, 0.4) is 0 Å². The molecule has 0 atom stereocenters. The summed E-state index contributed by atoms with van der Waals surface area (Å²) < 4.78 is 6.04. The van der Waals surface area contributed by atoms with E-state index in [0.29, 0.717) is 16.4 Å². The van der Waals surface area contributed by atoms with Crippen LogP contribution in [0.5, 0.6) is 11.5 Å². The molecule has 24 heavy (non-hydrogen) atoms. The summed E-state index contributed by atoms with van der Waals surface area (Å²) in [5.74, 6) is 0.915. The second-order valence-electron chi connectivity index (χ2n) is 5.52. The molecule has 0 fully saturated rings. The molecule has 2 N–H and O–H groups in total. The molecule has 3 aromatic carbocycles.